The van der Waals surface area contributed by atoms with Gasteiger partial charge in [0.1, 0.15) is 5.82 Å². The maximum atomic E-state index is 14.3. The van der Waals surface area contributed by atoms with Gasteiger partial charge in [-0.25, -0.2) is 9.37 Å². The fourth-order valence-electron chi connectivity index (χ4n) is 3.52. The number of nitrogens with two attached hydrogens (primary N) is 1. The number of amides is 2. The van der Waals surface area contributed by atoms with Crippen molar-refractivity contribution >= 4 is 28.5 Å². The lowest BCUT2D eigenvalue weighted by atomic mass is 10.0. The van der Waals surface area contributed by atoms with E-state index in [9.17, 15) is 14.0 Å². The number of halogens is 1. The van der Waals surface area contributed by atoms with Crippen LogP contribution in [0.2, 0.25) is 0 Å². The summed E-state index contributed by atoms with van der Waals surface area (Å²) in [6.07, 6.45) is 0. The molecule has 0 bridgehead atoms. The van der Waals surface area contributed by atoms with E-state index in [4.69, 9.17) is 5.73 Å². The Kier molecular flexibility index (Phi) is 4.98. The van der Waals surface area contributed by atoms with Crippen LogP contribution in [-0.2, 0) is 7.05 Å². The minimum Gasteiger partial charge on any atom is -0.366 e. The predicted octanol–water partition coefficient (Wildman–Crippen LogP) is 3.74. The fourth-order valence-corrected chi connectivity index (χ4v) is 3.52. The van der Waals surface area contributed by atoms with Crippen LogP contribution >= 0.6 is 0 Å². The van der Waals surface area contributed by atoms with Crippen molar-refractivity contribution in [3.8, 4) is 11.3 Å². The molecule has 2 amide bonds. The standard InChI is InChI=1S/C23H20FN5O2/c1-12-17(24)9-15(21(25)30)10-18(12)27-23(31)16-11-19(14-7-5-4-6-8-14)26-22-20(16)13(2)28-29(22)3/h4-11H,1-3H3,(H2,25,30)(H,27,31). The molecule has 0 saturated heterocycles. The zero-order valence-electron chi connectivity index (χ0n) is 17.2. The third-order valence-corrected chi connectivity index (χ3v) is 5.16. The molecule has 0 aliphatic heterocycles. The van der Waals surface area contributed by atoms with Gasteiger partial charge < -0.3 is 11.1 Å². The Morgan fingerprint density at radius 2 is 1.81 bits per heavy atom. The van der Waals surface area contributed by atoms with Gasteiger partial charge in [-0.15, -0.1) is 0 Å². The van der Waals surface area contributed by atoms with Gasteiger partial charge in [0.2, 0.25) is 5.91 Å². The molecule has 31 heavy (non-hydrogen) atoms. The molecule has 3 N–H and O–H groups in total. The van der Waals surface area contributed by atoms with Crippen LogP contribution in [0.15, 0.2) is 48.5 Å². The lowest BCUT2D eigenvalue weighted by molar-refractivity contribution is 0.0996. The molecule has 0 spiro atoms. The molecule has 0 atom stereocenters. The van der Waals surface area contributed by atoms with E-state index in [1.54, 1.807) is 24.7 Å². The number of benzene rings is 2. The molecule has 0 aliphatic rings. The highest BCUT2D eigenvalue weighted by molar-refractivity contribution is 6.13. The average molecular weight is 417 g/mol. The van der Waals surface area contributed by atoms with E-state index >= 15 is 0 Å². The molecule has 0 fully saturated rings. The summed E-state index contributed by atoms with van der Waals surface area (Å²) in [5.74, 6) is -1.88. The minimum atomic E-state index is -0.782. The molecular weight excluding hydrogens is 397 g/mol. The molecule has 0 saturated carbocycles. The minimum absolute atomic E-state index is 0.0270. The van der Waals surface area contributed by atoms with Gasteiger partial charge in [-0.2, -0.15) is 5.10 Å². The maximum Gasteiger partial charge on any atom is 0.256 e. The van der Waals surface area contributed by atoms with Crippen molar-refractivity contribution in [3.63, 3.8) is 0 Å². The number of nitrogens with zero attached hydrogens (tertiary/aromatic N) is 3. The fraction of sp³-hybridized carbons (Fsp3) is 0.130. The number of hydrogen-bond acceptors (Lipinski definition) is 4. The summed E-state index contributed by atoms with van der Waals surface area (Å²) < 4.78 is 15.9. The number of anilines is 1. The molecule has 2 heterocycles. The van der Waals surface area contributed by atoms with Gasteiger partial charge >= 0.3 is 0 Å². The molecule has 4 aromatic rings. The number of primary amides is 1. The smallest absolute Gasteiger partial charge is 0.256 e. The summed E-state index contributed by atoms with van der Waals surface area (Å²) in [5.41, 5.74) is 8.63. The van der Waals surface area contributed by atoms with Crippen LogP contribution in [0.25, 0.3) is 22.3 Å². The Hall–Kier alpha value is -4.07. The Bertz CT molecular complexity index is 1350. The summed E-state index contributed by atoms with van der Waals surface area (Å²) in [6, 6.07) is 13.6. The van der Waals surface area contributed by atoms with Crippen molar-refractivity contribution in [2.24, 2.45) is 12.8 Å². The second-order valence-corrected chi connectivity index (χ2v) is 7.28. The molecular formula is C23H20FN5O2. The van der Waals surface area contributed by atoms with Gasteiger partial charge in [0.25, 0.3) is 5.91 Å². The Labute approximate surface area is 177 Å². The monoisotopic (exact) mass is 417 g/mol. The number of carbonyl (C=O) groups excluding carboxylic acids is 2. The van der Waals surface area contributed by atoms with Crippen LogP contribution in [0.4, 0.5) is 10.1 Å². The topological polar surface area (TPSA) is 103 Å². The highest BCUT2D eigenvalue weighted by Gasteiger charge is 2.21. The van der Waals surface area contributed by atoms with E-state index in [-0.39, 0.29) is 16.8 Å². The van der Waals surface area contributed by atoms with Crippen LogP contribution in [0.1, 0.15) is 32.0 Å². The first-order valence-electron chi connectivity index (χ1n) is 9.57. The highest BCUT2D eigenvalue weighted by atomic mass is 19.1. The number of nitrogens with one attached hydrogen (secondary N) is 1. The molecule has 7 nitrogen and oxygen atoms in total. The molecule has 0 aliphatic carbocycles. The highest BCUT2D eigenvalue weighted by Crippen LogP contribution is 2.28. The first-order chi connectivity index (χ1) is 14.8. The summed E-state index contributed by atoms with van der Waals surface area (Å²) in [6.45, 7) is 3.31. The van der Waals surface area contributed by atoms with Gasteiger partial charge in [0.15, 0.2) is 5.65 Å². The van der Waals surface area contributed by atoms with Crippen LogP contribution in [0.3, 0.4) is 0 Å². The average Bonchev–Trinajstić information content (AvgIpc) is 3.04. The number of pyridine rings is 1. The van der Waals surface area contributed by atoms with Crippen LogP contribution in [0.5, 0.6) is 0 Å². The molecule has 4 rings (SSSR count). The van der Waals surface area contributed by atoms with Crippen LogP contribution in [-0.4, -0.2) is 26.6 Å². The van der Waals surface area contributed by atoms with E-state index in [0.29, 0.717) is 28.0 Å². The van der Waals surface area contributed by atoms with Gasteiger partial charge in [-0.1, -0.05) is 30.3 Å². The molecule has 156 valence electrons. The second-order valence-electron chi connectivity index (χ2n) is 7.28. The normalized spacial score (nSPS) is 11.0. The van der Waals surface area contributed by atoms with Crippen molar-refractivity contribution in [3.05, 3.63) is 76.7 Å². The number of fused-ring (bicyclic) bond motifs is 1. The van der Waals surface area contributed by atoms with Crippen molar-refractivity contribution in [2.45, 2.75) is 13.8 Å². The summed E-state index contributed by atoms with van der Waals surface area (Å²) in [7, 11) is 1.76. The first-order valence-corrected chi connectivity index (χ1v) is 9.57. The molecule has 2 aromatic carbocycles. The zero-order chi connectivity index (χ0) is 22.3. The van der Waals surface area contributed by atoms with Gasteiger partial charge in [-0.05, 0) is 32.0 Å². The molecule has 0 unspecified atom stereocenters. The number of hydrogen-bond donors (Lipinski definition) is 2. The van der Waals surface area contributed by atoms with Crippen LogP contribution in [0, 0.1) is 19.7 Å². The number of aryl methyl sites for hydroxylation is 2. The van der Waals surface area contributed by atoms with E-state index in [2.05, 4.69) is 15.4 Å². The summed E-state index contributed by atoms with van der Waals surface area (Å²) in [5, 5.41) is 7.72. The molecule has 0 radical (unpaired) electrons. The Morgan fingerprint density at radius 1 is 1.10 bits per heavy atom. The third-order valence-electron chi connectivity index (χ3n) is 5.16. The predicted molar refractivity (Wildman–Crippen MR) is 116 cm³/mol. The Balaban J connectivity index is 1.86. The van der Waals surface area contributed by atoms with Crippen molar-refractivity contribution in [2.75, 3.05) is 5.32 Å². The number of carbonyl (C=O) groups is 2. The van der Waals surface area contributed by atoms with Crippen molar-refractivity contribution in [1.29, 1.82) is 0 Å². The molecule has 8 heteroatoms. The summed E-state index contributed by atoms with van der Waals surface area (Å²) >= 11 is 0. The van der Waals surface area contributed by atoms with E-state index in [0.717, 1.165) is 11.6 Å². The van der Waals surface area contributed by atoms with E-state index < -0.39 is 17.6 Å². The molecule has 2 aromatic heterocycles. The maximum absolute atomic E-state index is 14.3. The third kappa shape index (κ3) is 3.63. The number of rotatable bonds is 4. The van der Waals surface area contributed by atoms with Crippen molar-refractivity contribution < 1.29 is 14.0 Å². The SMILES string of the molecule is Cc1c(F)cc(C(N)=O)cc1NC(=O)c1cc(-c2ccccc2)nc2c1c(C)nn2C. The van der Waals surface area contributed by atoms with Crippen LogP contribution < -0.4 is 11.1 Å². The number of aromatic nitrogens is 3. The lowest BCUT2D eigenvalue weighted by Crippen LogP contribution is -2.17. The zero-order valence-corrected chi connectivity index (χ0v) is 17.2. The first kappa shape index (κ1) is 20.2. The quantitative estimate of drug-likeness (QED) is 0.528. The second kappa shape index (κ2) is 7.64. The van der Waals surface area contributed by atoms with Gasteiger partial charge in [-0.3, -0.25) is 14.3 Å². The lowest BCUT2D eigenvalue weighted by Gasteiger charge is -2.12. The Morgan fingerprint density at radius 3 is 2.48 bits per heavy atom. The van der Waals surface area contributed by atoms with Crippen molar-refractivity contribution in [1.82, 2.24) is 14.8 Å². The van der Waals surface area contributed by atoms with E-state index in [1.165, 1.54) is 13.0 Å². The van der Waals surface area contributed by atoms with Gasteiger partial charge in [0, 0.05) is 29.4 Å². The largest absolute Gasteiger partial charge is 0.366 e. The summed E-state index contributed by atoms with van der Waals surface area (Å²) in [4.78, 5) is 29.5. The van der Waals surface area contributed by atoms with E-state index in [1.807, 2.05) is 30.3 Å². The van der Waals surface area contributed by atoms with Gasteiger partial charge in [0.05, 0.1) is 22.3 Å².